The molecule has 3 heterocycles. The Labute approximate surface area is 192 Å². The number of morpholine rings is 2. The van der Waals surface area contributed by atoms with E-state index in [1.54, 1.807) is 7.11 Å². The van der Waals surface area contributed by atoms with Gasteiger partial charge in [0, 0.05) is 51.9 Å². The van der Waals surface area contributed by atoms with Gasteiger partial charge in [-0.3, -0.25) is 14.8 Å². The summed E-state index contributed by atoms with van der Waals surface area (Å²) in [6, 6.07) is 9.27. The Kier molecular flexibility index (Phi) is 8.62. The molecule has 32 heavy (non-hydrogen) atoms. The zero-order chi connectivity index (χ0) is 22.2. The fraction of sp³-hybridized carbons (Fsp3) is 0.708. The van der Waals surface area contributed by atoms with Crippen LogP contribution in [-0.4, -0.2) is 113 Å². The van der Waals surface area contributed by atoms with Crippen molar-refractivity contribution in [2.24, 2.45) is 4.99 Å². The topological polar surface area (TPSA) is 61.8 Å². The van der Waals surface area contributed by atoms with E-state index in [1.165, 1.54) is 12.0 Å². The zero-order valence-corrected chi connectivity index (χ0v) is 19.7. The van der Waals surface area contributed by atoms with Crippen molar-refractivity contribution >= 4 is 5.96 Å². The average Bonchev–Trinajstić information content (AvgIpc) is 3.35. The number of nitrogens with one attached hydrogen (secondary N) is 1. The van der Waals surface area contributed by atoms with Gasteiger partial charge in [0.15, 0.2) is 5.96 Å². The average molecular weight is 446 g/mol. The van der Waals surface area contributed by atoms with Crippen molar-refractivity contribution in [2.45, 2.75) is 25.4 Å². The van der Waals surface area contributed by atoms with E-state index < -0.39 is 0 Å². The molecule has 3 fully saturated rings. The third kappa shape index (κ3) is 5.92. The zero-order valence-electron chi connectivity index (χ0n) is 19.7. The molecule has 8 nitrogen and oxygen atoms in total. The van der Waals surface area contributed by atoms with Crippen LogP contribution in [0.5, 0.6) is 5.75 Å². The first-order valence-corrected chi connectivity index (χ1v) is 12.1. The van der Waals surface area contributed by atoms with Gasteiger partial charge < -0.3 is 24.4 Å². The second kappa shape index (κ2) is 11.8. The van der Waals surface area contributed by atoms with E-state index >= 15 is 0 Å². The first kappa shape index (κ1) is 23.3. The molecule has 2 unspecified atom stereocenters. The minimum Gasteiger partial charge on any atom is -0.497 e. The summed E-state index contributed by atoms with van der Waals surface area (Å²) in [5.41, 5.74) is 1.28. The largest absolute Gasteiger partial charge is 0.497 e. The summed E-state index contributed by atoms with van der Waals surface area (Å²) in [5.74, 6) is 1.92. The summed E-state index contributed by atoms with van der Waals surface area (Å²) < 4.78 is 16.5. The summed E-state index contributed by atoms with van der Waals surface area (Å²) >= 11 is 0. The molecule has 0 bridgehead atoms. The molecule has 0 aromatic heterocycles. The highest BCUT2D eigenvalue weighted by molar-refractivity contribution is 5.80. The lowest BCUT2D eigenvalue weighted by atomic mass is 10.0. The fourth-order valence-electron chi connectivity index (χ4n) is 4.92. The van der Waals surface area contributed by atoms with E-state index in [-0.39, 0.29) is 6.04 Å². The fourth-order valence-corrected chi connectivity index (χ4v) is 4.92. The van der Waals surface area contributed by atoms with Crippen molar-refractivity contribution in [3.63, 3.8) is 0 Å². The van der Waals surface area contributed by atoms with Gasteiger partial charge in [0.25, 0.3) is 0 Å². The molecule has 1 N–H and O–H groups in total. The minimum atomic E-state index is 0.233. The van der Waals surface area contributed by atoms with Gasteiger partial charge in [0.1, 0.15) is 5.75 Å². The van der Waals surface area contributed by atoms with E-state index in [1.807, 2.05) is 12.1 Å². The highest BCUT2D eigenvalue weighted by atomic mass is 16.5. The van der Waals surface area contributed by atoms with Crippen LogP contribution >= 0.6 is 0 Å². The number of hydrogen-bond donors (Lipinski definition) is 1. The third-order valence-corrected chi connectivity index (χ3v) is 6.76. The summed E-state index contributed by atoms with van der Waals surface area (Å²) in [6.45, 7) is 13.1. The number of benzene rings is 1. The van der Waals surface area contributed by atoms with E-state index in [0.29, 0.717) is 6.04 Å². The number of ether oxygens (including phenoxy) is 3. The van der Waals surface area contributed by atoms with Crippen LogP contribution in [0.3, 0.4) is 0 Å². The van der Waals surface area contributed by atoms with Crippen molar-refractivity contribution < 1.29 is 14.2 Å². The van der Waals surface area contributed by atoms with Gasteiger partial charge in [-0.05, 0) is 31.0 Å². The van der Waals surface area contributed by atoms with Gasteiger partial charge in [-0.2, -0.15) is 0 Å². The molecule has 3 saturated heterocycles. The highest BCUT2D eigenvalue weighted by Gasteiger charge is 2.30. The molecule has 3 aliphatic heterocycles. The standard InChI is InChI=1S/C24H39N5O3/c1-3-25-24(29-9-8-21(19-29)27-10-14-31-15-11-27)26-18-23(28-12-16-32-17-13-28)20-4-6-22(30-2)7-5-20/h4-7,21,23H,3,8-19H2,1-2H3,(H,25,26). The molecule has 4 rings (SSSR count). The van der Waals surface area contributed by atoms with Gasteiger partial charge in [0.05, 0.1) is 46.1 Å². The van der Waals surface area contributed by atoms with Crippen molar-refractivity contribution in [1.29, 1.82) is 0 Å². The minimum absolute atomic E-state index is 0.233. The van der Waals surface area contributed by atoms with Crippen molar-refractivity contribution in [3.8, 4) is 5.75 Å². The van der Waals surface area contributed by atoms with Crippen LogP contribution in [-0.2, 0) is 9.47 Å². The normalized spacial score (nSPS) is 24.5. The quantitative estimate of drug-likeness (QED) is 0.503. The maximum atomic E-state index is 5.61. The van der Waals surface area contributed by atoms with Crippen LogP contribution in [0.4, 0.5) is 0 Å². The summed E-state index contributed by atoms with van der Waals surface area (Å²) in [6.07, 6.45) is 1.19. The molecule has 178 valence electrons. The van der Waals surface area contributed by atoms with Gasteiger partial charge in [-0.25, -0.2) is 0 Å². The molecule has 0 aliphatic carbocycles. The Balaban J connectivity index is 1.46. The van der Waals surface area contributed by atoms with Gasteiger partial charge in [0.2, 0.25) is 0 Å². The van der Waals surface area contributed by atoms with Crippen LogP contribution < -0.4 is 10.1 Å². The van der Waals surface area contributed by atoms with Gasteiger partial charge in [-0.1, -0.05) is 12.1 Å². The lowest BCUT2D eigenvalue weighted by Crippen LogP contribution is -2.47. The summed E-state index contributed by atoms with van der Waals surface area (Å²) in [7, 11) is 1.71. The van der Waals surface area contributed by atoms with Crippen molar-refractivity contribution in [1.82, 2.24) is 20.0 Å². The highest BCUT2D eigenvalue weighted by Crippen LogP contribution is 2.25. The number of methoxy groups -OCH3 is 1. The second-order valence-electron chi connectivity index (χ2n) is 8.67. The Bertz CT molecular complexity index is 717. The van der Waals surface area contributed by atoms with Crippen molar-refractivity contribution in [3.05, 3.63) is 29.8 Å². The maximum absolute atomic E-state index is 5.61. The number of aliphatic imine (C=N–C) groups is 1. The molecule has 1 aromatic rings. The smallest absolute Gasteiger partial charge is 0.194 e. The summed E-state index contributed by atoms with van der Waals surface area (Å²) in [4.78, 5) is 12.7. The molecule has 0 radical (unpaired) electrons. The first-order valence-electron chi connectivity index (χ1n) is 12.1. The Morgan fingerprint density at radius 3 is 2.41 bits per heavy atom. The predicted octanol–water partition coefficient (Wildman–Crippen LogP) is 1.44. The summed E-state index contributed by atoms with van der Waals surface area (Å²) in [5, 5.41) is 3.55. The lowest BCUT2D eigenvalue weighted by molar-refractivity contribution is 0.0178. The molecular weight excluding hydrogens is 406 g/mol. The maximum Gasteiger partial charge on any atom is 0.194 e. The number of nitrogens with zero attached hydrogens (tertiary/aromatic N) is 4. The number of rotatable bonds is 7. The monoisotopic (exact) mass is 445 g/mol. The Morgan fingerprint density at radius 2 is 1.75 bits per heavy atom. The van der Waals surface area contributed by atoms with Crippen LogP contribution in [0.2, 0.25) is 0 Å². The molecule has 2 atom stereocenters. The molecule has 8 heteroatoms. The molecule has 3 aliphatic rings. The number of guanidine groups is 1. The van der Waals surface area contributed by atoms with Crippen LogP contribution in [0, 0.1) is 0 Å². The van der Waals surface area contributed by atoms with Crippen LogP contribution in [0.25, 0.3) is 0 Å². The van der Waals surface area contributed by atoms with Crippen LogP contribution in [0.1, 0.15) is 24.9 Å². The third-order valence-electron chi connectivity index (χ3n) is 6.76. The van der Waals surface area contributed by atoms with Crippen molar-refractivity contribution in [2.75, 3.05) is 85.9 Å². The molecule has 0 amide bonds. The van der Waals surface area contributed by atoms with E-state index in [4.69, 9.17) is 19.2 Å². The number of likely N-dealkylation sites (tertiary alicyclic amines) is 1. The molecule has 1 aromatic carbocycles. The second-order valence-corrected chi connectivity index (χ2v) is 8.67. The van der Waals surface area contributed by atoms with Crippen LogP contribution in [0.15, 0.2) is 29.3 Å². The molecular formula is C24H39N5O3. The van der Waals surface area contributed by atoms with E-state index in [9.17, 15) is 0 Å². The van der Waals surface area contributed by atoms with Gasteiger partial charge >= 0.3 is 0 Å². The Morgan fingerprint density at radius 1 is 1.06 bits per heavy atom. The van der Waals surface area contributed by atoms with Gasteiger partial charge in [-0.15, -0.1) is 0 Å². The van der Waals surface area contributed by atoms with E-state index in [2.05, 4.69) is 39.1 Å². The molecule has 0 saturated carbocycles. The van der Waals surface area contributed by atoms with E-state index in [0.717, 1.165) is 90.5 Å². The lowest BCUT2D eigenvalue weighted by Gasteiger charge is -2.34. The number of hydrogen-bond acceptors (Lipinski definition) is 6. The Hall–Kier alpha value is -1.87. The molecule has 0 spiro atoms. The predicted molar refractivity (Wildman–Crippen MR) is 126 cm³/mol. The SMILES string of the molecule is CCNC(=NCC(c1ccc(OC)cc1)N1CCOCC1)N1CCC(N2CCOCC2)C1. The first-order chi connectivity index (χ1) is 15.8.